The predicted molar refractivity (Wildman–Crippen MR) is 82.6 cm³/mol. The van der Waals surface area contributed by atoms with Gasteiger partial charge in [-0.2, -0.15) is 0 Å². The first-order valence-electron chi connectivity index (χ1n) is 7.89. The SMILES string of the molecule is CCOC1(C(=O)NCC(C(=O)O)c2ccc(F)cc2)CCCC1. The maximum atomic E-state index is 13.0. The largest absolute Gasteiger partial charge is 0.481 e. The third kappa shape index (κ3) is 4.07. The molecule has 6 heteroatoms. The Hall–Kier alpha value is -1.95. The number of hydrogen-bond acceptors (Lipinski definition) is 3. The zero-order chi connectivity index (χ0) is 16.9. The molecule has 126 valence electrons. The van der Waals surface area contributed by atoms with E-state index in [2.05, 4.69) is 5.32 Å². The molecule has 2 rings (SSSR count). The van der Waals surface area contributed by atoms with E-state index in [9.17, 15) is 19.1 Å². The van der Waals surface area contributed by atoms with Crippen LogP contribution in [-0.2, 0) is 14.3 Å². The highest BCUT2D eigenvalue weighted by Gasteiger charge is 2.42. The van der Waals surface area contributed by atoms with Gasteiger partial charge in [0.05, 0.1) is 5.92 Å². The van der Waals surface area contributed by atoms with Gasteiger partial charge in [0.15, 0.2) is 0 Å². The highest BCUT2D eigenvalue weighted by atomic mass is 19.1. The zero-order valence-electron chi connectivity index (χ0n) is 13.2. The number of nitrogens with one attached hydrogen (secondary N) is 1. The lowest BCUT2D eigenvalue weighted by Crippen LogP contribution is -2.48. The molecule has 1 saturated carbocycles. The summed E-state index contributed by atoms with van der Waals surface area (Å²) in [6.45, 7) is 2.23. The van der Waals surface area contributed by atoms with Gasteiger partial charge in [-0.05, 0) is 50.3 Å². The average molecular weight is 323 g/mol. The van der Waals surface area contributed by atoms with Gasteiger partial charge in [-0.25, -0.2) is 4.39 Å². The van der Waals surface area contributed by atoms with Crippen LogP contribution in [0.1, 0.15) is 44.1 Å². The van der Waals surface area contributed by atoms with Gasteiger partial charge in [0, 0.05) is 13.2 Å². The molecule has 0 heterocycles. The Morgan fingerprint density at radius 3 is 2.43 bits per heavy atom. The Labute approximate surface area is 134 Å². The molecule has 0 spiro atoms. The molecular formula is C17H22FNO4. The first-order chi connectivity index (χ1) is 11.0. The first-order valence-corrected chi connectivity index (χ1v) is 7.89. The molecule has 1 aromatic rings. The third-order valence-corrected chi connectivity index (χ3v) is 4.28. The molecule has 1 fully saturated rings. The highest BCUT2D eigenvalue weighted by molar-refractivity contribution is 5.86. The maximum absolute atomic E-state index is 13.0. The van der Waals surface area contributed by atoms with Crippen molar-refractivity contribution in [3.05, 3.63) is 35.6 Å². The lowest BCUT2D eigenvalue weighted by molar-refractivity contribution is -0.146. The molecule has 5 nitrogen and oxygen atoms in total. The Kier molecular flexibility index (Phi) is 5.71. The summed E-state index contributed by atoms with van der Waals surface area (Å²) in [7, 11) is 0. The summed E-state index contributed by atoms with van der Waals surface area (Å²) in [5, 5.41) is 12.1. The topological polar surface area (TPSA) is 75.6 Å². The molecule has 0 aromatic heterocycles. The number of rotatable bonds is 7. The fraction of sp³-hybridized carbons (Fsp3) is 0.529. The minimum absolute atomic E-state index is 0.0470. The number of benzene rings is 1. The van der Waals surface area contributed by atoms with Crippen LogP contribution in [-0.4, -0.2) is 35.7 Å². The van der Waals surface area contributed by atoms with Crippen molar-refractivity contribution >= 4 is 11.9 Å². The molecule has 1 amide bonds. The molecule has 1 atom stereocenters. The Morgan fingerprint density at radius 1 is 1.30 bits per heavy atom. The minimum atomic E-state index is -1.06. The van der Waals surface area contributed by atoms with Crippen LogP contribution in [0.25, 0.3) is 0 Å². The second-order valence-corrected chi connectivity index (χ2v) is 5.79. The van der Waals surface area contributed by atoms with Crippen LogP contribution in [0.3, 0.4) is 0 Å². The van der Waals surface area contributed by atoms with E-state index in [0.29, 0.717) is 25.0 Å². The molecular weight excluding hydrogens is 301 g/mol. The summed E-state index contributed by atoms with van der Waals surface area (Å²) in [6, 6.07) is 5.28. The quantitative estimate of drug-likeness (QED) is 0.808. The van der Waals surface area contributed by atoms with Crippen molar-refractivity contribution in [1.29, 1.82) is 0 Å². The van der Waals surface area contributed by atoms with E-state index in [1.54, 1.807) is 0 Å². The number of carbonyl (C=O) groups excluding carboxylic acids is 1. The van der Waals surface area contributed by atoms with Crippen LogP contribution in [0.5, 0.6) is 0 Å². The minimum Gasteiger partial charge on any atom is -0.481 e. The third-order valence-electron chi connectivity index (χ3n) is 4.28. The lowest BCUT2D eigenvalue weighted by Gasteiger charge is -2.28. The van der Waals surface area contributed by atoms with Crippen LogP contribution < -0.4 is 5.32 Å². The van der Waals surface area contributed by atoms with Gasteiger partial charge in [0.1, 0.15) is 11.4 Å². The Bertz CT molecular complexity index is 552. The van der Waals surface area contributed by atoms with Crippen LogP contribution in [0.2, 0.25) is 0 Å². The van der Waals surface area contributed by atoms with Gasteiger partial charge in [-0.1, -0.05) is 12.1 Å². The molecule has 0 bridgehead atoms. The maximum Gasteiger partial charge on any atom is 0.312 e. The van der Waals surface area contributed by atoms with E-state index < -0.39 is 23.3 Å². The molecule has 1 unspecified atom stereocenters. The standard InChI is InChI=1S/C17H22FNO4/c1-2-23-17(9-3-4-10-17)16(22)19-11-14(15(20)21)12-5-7-13(18)8-6-12/h5-8,14H,2-4,9-11H2,1H3,(H,19,22)(H,20,21). The van der Waals surface area contributed by atoms with Gasteiger partial charge in [-0.15, -0.1) is 0 Å². The Morgan fingerprint density at radius 2 is 1.91 bits per heavy atom. The molecule has 0 saturated heterocycles. The molecule has 2 N–H and O–H groups in total. The first kappa shape index (κ1) is 17.4. The van der Waals surface area contributed by atoms with Crippen molar-refractivity contribution in [2.45, 2.75) is 44.1 Å². The summed E-state index contributed by atoms with van der Waals surface area (Å²) in [5.74, 6) is -2.66. The molecule has 0 radical (unpaired) electrons. The number of halogens is 1. The summed E-state index contributed by atoms with van der Waals surface area (Å²) >= 11 is 0. The van der Waals surface area contributed by atoms with E-state index in [4.69, 9.17) is 4.74 Å². The molecule has 23 heavy (non-hydrogen) atoms. The Balaban J connectivity index is 2.05. The van der Waals surface area contributed by atoms with Gasteiger partial charge in [-0.3, -0.25) is 9.59 Å². The van der Waals surface area contributed by atoms with E-state index >= 15 is 0 Å². The van der Waals surface area contributed by atoms with Crippen molar-refractivity contribution in [3.8, 4) is 0 Å². The van der Waals surface area contributed by atoms with Crippen molar-refractivity contribution in [1.82, 2.24) is 5.32 Å². The summed E-state index contributed by atoms with van der Waals surface area (Å²) in [5.41, 5.74) is -0.378. The van der Waals surface area contributed by atoms with Gasteiger partial charge < -0.3 is 15.2 Å². The number of aliphatic carboxylic acids is 1. The summed E-state index contributed by atoms with van der Waals surface area (Å²) in [4.78, 5) is 23.9. The van der Waals surface area contributed by atoms with Crippen molar-refractivity contribution < 1.29 is 23.8 Å². The number of ether oxygens (including phenoxy) is 1. The number of amides is 1. The van der Waals surface area contributed by atoms with Crippen LogP contribution >= 0.6 is 0 Å². The second kappa shape index (κ2) is 7.55. The van der Waals surface area contributed by atoms with Crippen molar-refractivity contribution in [2.75, 3.05) is 13.2 Å². The molecule has 1 aliphatic carbocycles. The summed E-state index contributed by atoms with van der Waals surface area (Å²) < 4.78 is 18.6. The smallest absolute Gasteiger partial charge is 0.312 e. The van der Waals surface area contributed by atoms with Gasteiger partial charge in [0.2, 0.25) is 0 Å². The number of carbonyl (C=O) groups is 2. The fourth-order valence-corrected chi connectivity index (χ4v) is 3.06. The zero-order valence-corrected chi connectivity index (χ0v) is 13.2. The fourth-order valence-electron chi connectivity index (χ4n) is 3.06. The van der Waals surface area contributed by atoms with E-state index in [-0.39, 0.29) is 12.5 Å². The second-order valence-electron chi connectivity index (χ2n) is 5.79. The van der Waals surface area contributed by atoms with Gasteiger partial charge >= 0.3 is 5.97 Å². The monoisotopic (exact) mass is 323 g/mol. The molecule has 1 aliphatic rings. The number of carboxylic acids is 1. The summed E-state index contributed by atoms with van der Waals surface area (Å²) in [6.07, 6.45) is 3.16. The van der Waals surface area contributed by atoms with Crippen LogP contribution in [0, 0.1) is 5.82 Å². The number of carboxylic acid groups (broad SMARTS) is 1. The highest BCUT2D eigenvalue weighted by Crippen LogP contribution is 2.33. The molecule has 1 aromatic carbocycles. The van der Waals surface area contributed by atoms with E-state index in [1.807, 2.05) is 6.92 Å². The van der Waals surface area contributed by atoms with Crippen LogP contribution in [0.15, 0.2) is 24.3 Å². The number of hydrogen-bond donors (Lipinski definition) is 2. The lowest BCUT2D eigenvalue weighted by atomic mass is 9.97. The normalized spacial score (nSPS) is 17.7. The van der Waals surface area contributed by atoms with Crippen LogP contribution in [0.4, 0.5) is 4.39 Å². The van der Waals surface area contributed by atoms with Crippen molar-refractivity contribution in [3.63, 3.8) is 0 Å². The van der Waals surface area contributed by atoms with E-state index in [0.717, 1.165) is 12.8 Å². The van der Waals surface area contributed by atoms with E-state index in [1.165, 1.54) is 24.3 Å². The average Bonchev–Trinajstić information content (AvgIpc) is 2.99. The van der Waals surface area contributed by atoms with Crippen molar-refractivity contribution in [2.24, 2.45) is 0 Å². The molecule has 0 aliphatic heterocycles. The van der Waals surface area contributed by atoms with Gasteiger partial charge in [0.25, 0.3) is 5.91 Å². The predicted octanol–water partition coefficient (Wildman–Crippen LogP) is 2.46.